The molecular weight excluding hydrogens is 370 g/mol. The average Bonchev–Trinajstić information content (AvgIpc) is 2.78. The van der Waals surface area contributed by atoms with E-state index in [1.165, 1.54) is 18.3 Å². The van der Waals surface area contributed by atoms with Crippen LogP contribution < -0.4 is 14.8 Å². The van der Waals surface area contributed by atoms with Gasteiger partial charge >= 0.3 is 0 Å². The second-order valence-corrected chi connectivity index (χ2v) is 6.25. The topological polar surface area (TPSA) is 101 Å². The van der Waals surface area contributed by atoms with Gasteiger partial charge in [-0.05, 0) is 35.9 Å². The average molecular weight is 385 g/mol. The smallest absolute Gasteiger partial charge is 0.274 e. The normalized spacial score (nSPS) is 12.0. The van der Waals surface area contributed by atoms with Crippen molar-refractivity contribution in [1.29, 1.82) is 5.26 Å². The van der Waals surface area contributed by atoms with Crippen LogP contribution in [0.2, 0.25) is 0 Å². The Balaban J connectivity index is 1.66. The van der Waals surface area contributed by atoms with E-state index in [2.05, 4.69) is 16.4 Å². The highest BCUT2D eigenvalue weighted by Gasteiger charge is 2.17. The van der Waals surface area contributed by atoms with Gasteiger partial charge in [-0.1, -0.05) is 18.2 Å². The molecule has 29 heavy (non-hydrogen) atoms. The maximum absolute atomic E-state index is 12.5. The van der Waals surface area contributed by atoms with E-state index in [0.717, 1.165) is 5.56 Å². The zero-order chi connectivity index (χ0) is 20.2. The van der Waals surface area contributed by atoms with Crippen molar-refractivity contribution >= 4 is 17.9 Å². The lowest BCUT2D eigenvalue weighted by Gasteiger charge is -2.19. The van der Waals surface area contributed by atoms with Crippen molar-refractivity contribution in [1.82, 2.24) is 4.98 Å². The summed E-state index contributed by atoms with van der Waals surface area (Å²) in [6.45, 7) is 0.965. The first-order valence-electron chi connectivity index (χ1n) is 8.85. The van der Waals surface area contributed by atoms with Crippen molar-refractivity contribution in [3.8, 4) is 28.7 Å². The number of hydrogen-bond donors (Lipinski definition) is 1. The first-order chi connectivity index (χ1) is 14.2. The van der Waals surface area contributed by atoms with Crippen LogP contribution in [-0.4, -0.2) is 30.4 Å². The zero-order valence-electron chi connectivity index (χ0n) is 15.2. The molecule has 1 aromatic heterocycles. The molecule has 0 unspecified atom stereocenters. The Morgan fingerprint density at radius 3 is 2.66 bits per heavy atom. The number of carbonyl (C=O) groups excluding carboxylic acids is 2. The van der Waals surface area contributed by atoms with Gasteiger partial charge in [0, 0.05) is 17.3 Å². The fourth-order valence-electron chi connectivity index (χ4n) is 3.02. The Hall–Kier alpha value is -4.18. The number of hydrogen-bond acceptors (Lipinski definition) is 6. The number of carbonyl (C=O) groups is 2. The van der Waals surface area contributed by atoms with E-state index < -0.39 is 5.91 Å². The molecule has 2 aromatic carbocycles. The Morgan fingerprint density at radius 1 is 1.10 bits per heavy atom. The molecule has 0 fully saturated rings. The minimum Gasteiger partial charge on any atom is -0.486 e. The fourth-order valence-corrected chi connectivity index (χ4v) is 3.02. The Labute approximate surface area is 166 Å². The SMILES string of the molecule is N#Cc1c(NC(=O)c2ccc(C=O)cn2)cccc1-c1ccc2c(c1)OCCO2. The van der Waals surface area contributed by atoms with Gasteiger partial charge in [-0.15, -0.1) is 0 Å². The lowest BCUT2D eigenvalue weighted by atomic mass is 9.98. The van der Waals surface area contributed by atoms with E-state index in [1.54, 1.807) is 24.3 Å². The minimum absolute atomic E-state index is 0.143. The van der Waals surface area contributed by atoms with Gasteiger partial charge in [0.1, 0.15) is 25.0 Å². The van der Waals surface area contributed by atoms with Gasteiger partial charge in [-0.25, -0.2) is 0 Å². The molecule has 1 aliphatic rings. The number of aromatic nitrogens is 1. The third-order valence-corrected chi connectivity index (χ3v) is 4.43. The first kappa shape index (κ1) is 18.2. The number of nitriles is 1. The molecule has 4 rings (SSSR count). The highest BCUT2D eigenvalue weighted by Crippen LogP contribution is 2.37. The van der Waals surface area contributed by atoms with Crippen molar-refractivity contribution in [2.24, 2.45) is 0 Å². The highest BCUT2D eigenvalue weighted by atomic mass is 16.6. The summed E-state index contributed by atoms with van der Waals surface area (Å²) in [5.41, 5.74) is 2.64. The molecule has 2 heterocycles. The number of pyridine rings is 1. The maximum Gasteiger partial charge on any atom is 0.274 e. The molecule has 142 valence electrons. The lowest BCUT2D eigenvalue weighted by molar-refractivity contribution is 0.102. The summed E-state index contributed by atoms with van der Waals surface area (Å²) in [5.74, 6) is 0.803. The van der Waals surface area contributed by atoms with E-state index in [-0.39, 0.29) is 5.69 Å². The largest absolute Gasteiger partial charge is 0.486 e. The van der Waals surface area contributed by atoms with Gasteiger partial charge in [0.05, 0.1) is 11.3 Å². The lowest BCUT2D eigenvalue weighted by Crippen LogP contribution is -2.15. The number of anilines is 1. The van der Waals surface area contributed by atoms with Crippen molar-refractivity contribution in [2.75, 3.05) is 18.5 Å². The van der Waals surface area contributed by atoms with E-state index in [1.807, 2.05) is 12.1 Å². The third-order valence-electron chi connectivity index (χ3n) is 4.43. The van der Waals surface area contributed by atoms with Crippen LogP contribution in [0.25, 0.3) is 11.1 Å². The van der Waals surface area contributed by atoms with E-state index >= 15 is 0 Å². The second kappa shape index (κ2) is 7.82. The summed E-state index contributed by atoms with van der Waals surface area (Å²) < 4.78 is 11.2. The molecule has 0 spiro atoms. The van der Waals surface area contributed by atoms with Crippen LogP contribution in [-0.2, 0) is 0 Å². The highest BCUT2D eigenvalue weighted by molar-refractivity contribution is 6.04. The standard InChI is InChI=1S/C22H15N3O4/c23-11-17-16(15-5-7-20-21(10-15)29-9-8-28-20)2-1-3-18(17)25-22(27)19-6-4-14(13-26)12-24-19/h1-7,10,12-13H,8-9H2,(H,25,27). The molecule has 1 amide bonds. The predicted octanol–water partition coefficient (Wildman–Crippen LogP) is 3.46. The Morgan fingerprint density at radius 2 is 1.93 bits per heavy atom. The number of ether oxygens (including phenoxy) is 2. The Bertz CT molecular complexity index is 1130. The number of nitrogens with one attached hydrogen (secondary N) is 1. The molecule has 3 aromatic rings. The van der Waals surface area contributed by atoms with Crippen molar-refractivity contribution in [2.45, 2.75) is 0 Å². The van der Waals surface area contributed by atoms with Crippen molar-refractivity contribution in [3.63, 3.8) is 0 Å². The number of aldehydes is 1. The van der Waals surface area contributed by atoms with Gasteiger partial charge in [-0.3, -0.25) is 14.6 Å². The third kappa shape index (κ3) is 3.64. The van der Waals surface area contributed by atoms with Crippen LogP contribution in [0.4, 0.5) is 5.69 Å². The quantitative estimate of drug-likeness (QED) is 0.690. The van der Waals surface area contributed by atoms with Crippen LogP contribution in [0.5, 0.6) is 11.5 Å². The number of nitrogens with zero attached hydrogens (tertiary/aromatic N) is 2. The first-order valence-corrected chi connectivity index (χ1v) is 8.85. The van der Waals surface area contributed by atoms with Crippen LogP contribution in [0.3, 0.4) is 0 Å². The number of rotatable bonds is 4. The second-order valence-electron chi connectivity index (χ2n) is 6.25. The molecule has 7 nitrogen and oxygen atoms in total. The monoisotopic (exact) mass is 385 g/mol. The van der Waals surface area contributed by atoms with Crippen LogP contribution in [0.1, 0.15) is 26.4 Å². The molecule has 1 aliphatic heterocycles. The summed E-state index contributed by atoms with van der Waals surface area (Å²) in [5, 5.41) is 12.5. The summed E-state index contributed by atoms with van der Waals surface area (Å²) in [6.07, 6.45) is 1.97. The summed E-state index contributed by atoms with van der Waals surface area (Å²) in [6, 6.07) is 15.8. The van der Waals surface area contributed by atoms with Crippen molar-refractivity contribution in [3.05, 3.63) is 71.5 Å². The molecule has 0 saturated heterocycles. The minimum atomic E-state index is -0.474. The molecule has 7 heteroatoms. The van der Waals surface area contributed by atoms with Crippen LogP contribution in [0, 0.1) is 11.3 Å². The van der Waals surface area contributed by atoms with Crippen LogP contribution >= 0.6 is 0 Å². The molecule has 0 saturated carbocycles. The number of benzene rings is 2. The van der Waals surface area contributed by atoms with Crippen LogP contribution in [0.15, 0.2) is 54.7 Å². The van der Waals surface area contributed by atoms with Gasteiger partial charge in [0.15, 0.2) is 17.8 Å². The summed E-state index contributed by atoms with van der Waals surface area (Å²) in [4.78, 5) is 27.2. The van der Waals surface area contributed by atoms with Gasteiger partial charge in [0.25, 0.3) is 5.91 Å². The predicted molar refractivity (Wildman–Crippen MR) is 105 cm³/mol. The maximum atomic E-state index is 12.5. The summed E-state index contributed by atoms with van der Waals surface area (Å²) >= 11 is 0. The molecule has 1 N–H and O–H groups in total. The van der Waals surface area contributed by atoms with E-state index in [0.29, 0.717) is 53.4 Å². The van der Waals surface area contributed by atoms with Gasteiger partial charge in [0.2, 0.25) is 0 Å². The van der Waals surface area contributed by atoms with E-state index in [4.69, 9.17) is 9.47 Å². The Kier molecular flexibility index (Phi) is 4.91. The van der Waals surface area contributed by atoms with Gasteiger partial charge in [-0.2, -0.15) is 5.26 Å². The van der Waals surface area contributed by atoms with E-state index in [9.17, 15) is 14.9 Å². The number of fused-ring (bicyclic) bond motifs is 1. The molecule has 0 radical (unpaired) electrons. The fraction of sp³-hybridized carbons (Fsp3) is 0.0909. The molecule has 0 atom stereocenters. The summed E-state index contributed by atoms with van der Waals surface area (Å²) in [7, 11) is 0. The van der Waals surface area contributed by atoms with Gasteiger partial charge < -0.3 is 14.8 Å². The molecular formula is C22H15N3O4. The zero-order valence-corrected chi connectivity index (χ0v) is 15.2. The number of amides is 1. The molecule has 0 aliphatic carbocycles. The molecule has 0 bridgehead atoms. The van der Waals surface area contributed by atoms with Crippen molar-refractivity contribution < 1.29 is 19.1 Å².